The molecule has 17 heavy (non-hydrogen) atoms. The summed E-state index contributed by atoms with van der Waals surface area (Å²) < 4.78 is 25.3. The first-order chi connectivity index (χ1) is 8.00. The minimum atomic E-state index is -3.49. The van der Waals surface area contributed by atoms with Gasteiger partial charge < -0.3 is 5.11 Å². The normalized spacial score (nSPS) is 11.4. The Balaban J connectivity index is 2.50. The number of phenolic OH excluding ortho intramolecular Hbond substituents is 1. The highest BCUT2D eigenvalue weighted by Gasteiger charge is 2.16. The molecule has 5 heteroatoms. The summed E-state index contributed by atoms with van der Waals surface area (Å²) in [6.07, 6.45) is 0. The van der Waals surface area contributed by atoms with Crippen molar-refractivity contribution in [2.45, 2.75) is 9.79 Å². The van der Waals surface area contributed by atoms with Gasteiger partial charge in [0, 0.05) is 3.57 Å². The van der Waals surface area contributed by atoms with Crippen LogP contribution >= 0.6 is 22.6 Å². The molecule has 0 aliphatic rings. The summed E-state index contributed by atoms with van der Waals surface area (Å²) in [6.45, 7) is 0. The van der Waals surface area contributed by atoms with Crippen molar-refractivity contribution in [2.75, 3.05) is 0 Å². The predicted molar refractivity (Wildman–Crippen MR) is 72.7 cm³/mol. The molecule has 0 aliphatic heterocycles. The van der Waals surface area contributed by atoms with Crippen LogP contribution in [0.15, 0.2) is 58.3 Å². The van der Waals surface area contributed by atoms with Crippen molar-refractivity contribution < 1.29 is 13.5 Å². The van der Waals surface area contributed by atoms with Crippen LogP contribution in [0.4, 0.5) is 0 Å². The smallest absolute Gasteiger partial charge is 0.206 e. The third kappa shape index (κ3) is 2.61. The fourth-order valence-corrected chi connectivity index (χ4v) is 3.00. The van der Waals surface area contributed by atoms with Crippen LogP contribution in [0.2, 0.25) is 0 Å². The predicted octanol–water partition coefficient (Wildman–Crippen LogP) is 2.83. The van der Waals surface area contributed by atoms with E-state index in [9.17, 15) is 8.42 Å². The van der Waals surface area contributed by atoms with Crippen molar-refractivity contribution in [3.63, 3.8) is 0 Å². The van der Waals surface area contributed by atoms with Crippen LogP contribution in [0.1, 0.15) is 0 Å². The van der Waals surface area contributed by atoms with Crippen molar-refractivity contribution in [2.24, 2.45) is 0 Å². The number of rotatable bonds is 2. The molecule has 2 aromatic carbocycles. The molecule has 3 nitrogen and oxygen atoms in total. The van der Waals surface area contributed by atoms with E-state index in [1.165, 1.54) is 24.3 Å². The number of benzene rings is 2. The lowest BCUT2D eigenvalue weighted by molar-refractivity contribution is 0.475. The molecule has 0 fully saturated rings. The highest BCUT2D eigenvalue weighted by Crippen LogP contribution is 2.23. The maximum atomic E-state index is 12.2. The topological polar surface area (TPSA) is 54.4 Å². The standard InChI is InChI=1S/C12H9IO3S/c13-9-1-5-11(6-2-9)17(15,16)12-7-3-10(14)4-8-12/h1-8,14H. The number of sulfone groups is 1. The molecule has 0 heterocycles. The minimum absolute atomic E-state index is 0.0477. The average molecular weight is 360 g/mol. The molecule has 0 radical (unpaired) electrons. The lowest BCUT2D eigenvalue weighted by atomic mass is 10.3. The zero-order valence-electron chi connectivity index (χ0n) is 8.67. The molecule has 0 bridgehead atoms. The van der Waals surface area contributed by atoms with Crippen molar-refractivity contribution in [3.8, 4) is 5.75 Å². The van der Waals surface area contributed by atoms with Crippen LogP contribution in [0.5, 0.6) is 5.75 Å². The molecule has 2 aromatic rings. The van der Waals surface area contributed by atoms with Gasteiger partial charge >= 0.3 is 0 Å². The van der Waals surface area contributed by atoms with Crippen LogP contribution in [-0.2, 0) is 9.84 Å². The van der Waals surface area contributed by atoms with E-state index in [4.69, 9.17) is 5.11 Å². The fraction of sp³-hybridized carbons (Fsp3) is 0. The molecule has 1 N–H and O–H groups in total. The summed E-state index contributed by atoms with van der Waals surface area (Å²) in [5.41, 5.74) is 0. The third-order valence-corrected chi connectivity index (χ3v) is 4.78. The van der Waals surface area contributed by atoms with Gasteiger partial charge in [0.1, 0.15) is 5.75 Å². The second kappa shape index (κ2) is 4.66. The Morgan fingerprint density at radius 1 is 0.824 bits per heavy atom. The average Bonchev–Trinajstić information content (AvgIpc) is 2.30. The number of halogens is 1. The minimum Gasteiger partial charge on any atom is -0.508 e. The summed E-state index contributed by atoms with van der Waals surface area (Å²) in [4.78, 5) is 0.431. The van der Waals surface area contributed by atoms with Crippen LogP contribution in [0.25, 0.3) is 0 Å². The Bertz CT molecular complexity index is 564. The van der Waals surface area contributed by atoms with Gasteiger partial charge in [0.05, 0.1) is 9.79 Å². The Labute approximate surface area is 113 Å². The monoisotopic (exact) mass is 360 g/mol. The van der Waals surface area contributed by atoms with Gasteiger partial charge in [-0.25, -0.2) is 8.42 Å². The first kappa shape index (κ1) is 12.4. The van der Waals surface area contributed by atoms with Gasteiger partial charge in [0.2, 0.25) is 9.84 Å². The van der Waals surface area contributed by atoms with Crippen molar-refractivity contribution in [1.82, 2.24) is 0 Å². The number of hydrogen-bond donors (Lipinski definition) is 1. The largest absolute Gasteiger partial charge is 0.508 e. The van der Waals surface area contributed by atoms with Gasteiger partial charge in [-0.05, 0) is 71.1 Å². The van der Waals surface area contributed by atoms with E-state index in [-0.39, 0.29) is 15.5 Å². The van der Waals surface area contributed by atoms with E-state index in [1.54, 1.807) is 24.3 Å². The van der Waals surface area contributed by atoms with Crippen LogP contribution in [-0.4, -0.2) is 13.5 Å². The van der Waals surface area contributed by atoms with Crippen molar-refractivity contribution in [1.29, 1.82) is 0 Å². The molecule has 0 saturated heterocycles. The highest BCUT2D eigenvalue weighted by atomic mass is 127. The van der Waals surface area contributed by atoms with Gasteiger partial charge in [0.25, 0.3) is 0 Å². The van der Waals surface area contributed by atoms with Gasteiger partial charge in [-0.2, -0.15) is 0 Å². The Morgan fingerprint density at radius 3 is 1.71 bits per heavy atom. The maximum absolute atomic E-state index is 12.2. The molecule has 0 amide bonds. The maximum Gasteiger partial charge on any atom is 0.206 e. The Morgan fingerprint density at radius 2 is 1.24 bits per heavy atom. The van der Waals surface area contributed by atoms with E-state index in [0.717, 1.165) is 3.57 Å². The van der Waals surface area contributed by atoms with Gasteiger partial charge in [0.15, 0.2) is 0 Å². The lowest BCUT2D eigenvalue weighted by Crippen LogP contribution is -2.01. The van der Waals surface area contributed by atoms with Crippen molar-refractivity contribution in [3.05, 3.63) is 52.1 Å². The van der Waals surface area contributed by atoms with E-state index >= 15 is 0 Å². The van der Waals surface area contributed by atoms with E-state index in [1.807, 2.05) is 0 Å². The first-order valence-electron chi connectivity index (χ1n) is 4.80. The highest BCUT2D eigenvalue weighted by molar-refractivity contribution is 14.1. The molecule has 0 saturated carbocycles. The zero-order valence-corrected chi connectivity index (χ0v) is 11.6. The zero-order chi connectivity index (χ0) is 12.5. The number of hydrogen-bond acceptors (Lipinski definition) is 3. The van der Waals surface area contributed by atoms with Crippen LogP contribution in [0.3, 0.4) is 0 Å². The fourth-order valence-electron chi connectivity index (χ4n) is 1.38. The van der Waals surface area contributed by atoms with E-state index < -0.39 is 9.84 Å². The molecule has 0 atom stereocenters. The van der Waals surface area contributed by atoms with Gasteiger partial charge in [-0.1, -0.05) is 0 Å². The van der Waals surface area contributed by atoms with Crippen LogP contribution < -0.4 is 0 Å². The Kier molecular flexibility index (Phi) is 3.39. The number of aromatic hydroxyl groups is 1. The van der Waals surface area contributed by atoms with Crippen LogP contribution in [0, 0.1) is 3.57 Å². The molecule has 0 unspecified atom stereocenters. The molecular weight excluding hydrogens is 351 g/mol. The van der Waals surface area contributed by atoms with Crippen molar-refractivity contribution >= 4 is 32.4 Å². The van der Waals surface area contributed by atoms with E-state index in [2.05, 4.69) is 22.6 Å². The third-order valence-electron chi connectivity index (χ3n) is 2.27. The van der Waals surface area contributed by atoms with E-state index in [0.29, 0.717) is 0 Å². The SMILES string of the molecule is O=S(=O)(c1ccc(O)cc1)c1ccc(I)cc1. The molecule has 88 valence electrons. The summed E-state index contributed by atoms with van der Waals surface area (Å²) in [5.74, 6) is 0.0477. The first-order valence-corrected chi connectivity index (χ1v) is 7.36. The van der Waals surface area contributed by atoms with Gasteiger partial charge in [-0.3, -0.25) is 0 Å². The molecule has 0 aromatic heterocycles. The molecule has 0 aliphatic carbocycles. The molecular formula is C12H9IO3S. The molecule has 0 spiro atoms. The summed E-state index contributed by atoms with van der Waals surface area (Å²) in [6, 6.07) is 12.1. The summed E-state index contributed by atoms with van der Waals surface area (Å²) in [5, 5.41) is 9.13. The lowest BCUT2D eigenvalue weighted by Gasteiger charge is -2.04. The molecule has 2 rings (SSSR count). The quantitative estimate of drug-likeness (QED) is 0.838. The second-order valence-corrected chi connectivity index (χ2v) is 6.65. The summed E-state index contributed by atoms with van der Waals surface area (Å²) in [7, 11) is -3.49. The van der Waals surface area contributed by atoms with Gasteiger partial charge in [-0.15, -0.1) is 0 Å². The summed E-state index contributed by atoms with van der Waals surface area (Å²) >= 11 is 2.12. The number of phenols is 1. The Hall–Kier alpha value is -1.08. The second-order valence-electron chi connectivity index (χ2n) is 3.45.